The number of piperidine rings is 1. The summed E-state index contributed by atoms with van der Waals surface area (Å²) in [6.45, 7) is 3.53. The number of hydrogen-bond acceptors (Lipinski definition) is 4. The van der Waals surface area contributed by atoms with Crippen molar-refractivity contribution in [1.29, 1.82) is 0 Å². The predicted molar refractivity (Wildman–Crippen MR) is 91.8 cm³/mol. The number of nitrogens with zero attached hydrogens (tertiary/aromatic N) is 4. The molecule has 5 nitrogen and oxygen atoms in total. The third-order valence-corrected chi connectivity index (χ3v) is 4.77. The van der Waals surface area contributed by atoms with E-state index in [0.29, 0.717) is 6.54 Å². The Morgan fingerprint density at radius 1 is 1.28 bits per heavy atom. The van der Waals surface area contributed by atoms with Crippen molar-refractivity contribution in [2.75, 3.05) is 6.54 Å². The number of likely N-dealkylation sites (tertiary alicyclic amines) is 1. The third kappa shape index (κ3) is 3.35. The topological polar surface area (TPSA) is 47.1 Å². The molecule has 2 aromatic heterocycles. The second-order valence-corrected chi connectivity index (χ2v) is 6.57. The van der Waals surface area contributed by atoms with Crippen LogP contribution in [-0.2, 0) is 6.54 Å². The molecule has 0 saturated carbocycles. The smallest absolute Gasteiger partial charge is 0.133 e. The Morgan fingerprint density at radius 2 is 2.20 bits per heavy atom. The maximum absolute atomic E-state index is 13.9. The summed E-state index contributed by atoms with van der Waals surface area (Å²) < 4.78 is 20.9. The number of benzene rings is 1. The van der Waals surface area contributed by atoms with E-state index in [1.807, 2.05) is 25.3 Å². The van der Waals surface area contributed by atoms with Gasteiger partial charge in [0.25, 0.3) is 0 Å². The Labute approximate surface area is 146 Å². The molecule has 1 fully saturated rings. The zero-order valence-corrected chi connectivity index (χ0v) is 14.2. The first-order chi connectivity index (χ1) is 12.2. The average molecular weight is 340 g/mol. The number of hydrogen-bond donors (Lipinski definition) is 0. The van der Waals surface area contributed by atoms with Crippen molar-refractivity contribution in [2.45, 2.75) is 38.8 Å². The monoisotopic (exact) mass is 340 g/mol. The van der Waals surface area contributed by atoms with E-state index in [1.165, 1.54) is 12.5 Å². The van der Waals surface area contributed by atoms with Gasteiger partial charge in [0.1, 0.15) is 17.3 Å². The number of rotatable bonds is 4. The molecule has 0 aliphatic carbocycles. The van der Waals surface area contributed by atoms with Gasteiger partial charge in [-0.1, -0.05) is 11.6 Å². The molecule has 3 aromatic rings. The van der Waals surface area contributed by atoms with Crippen LogP contribution >= 0.6 is 0 Å². The van der Waals surface area contributed by atoms with E-state index in [2.05, 4.69) is 15.2 Å². The van der Waals surface area contributed by atoms with Crippen molar-refractivity contribution in [2.24, 2.45) is 0 Å². The molecule has 4 rings (SSSR count). The molecule has 3 heterocycles. The lowest BCUT2D eigenvalue weighted by molar-refractivity contribution is 0.133. The van der Waals surface area contributed by atoms with E-state index in [9.17, 15) is 4.39 Å². The molecule has 1 aliphatic rings. The molecule has 0 N–H and O–H groups in total. The molecule has 0 radical (unpaired) electrons. The molecule has 1 aliphatic heterocycles. The molecule has 130 valence electrons. The molecule has 25 heavy (non-hydrogen) atoms. The summed E-state index contributed by atoms with van der Waals surface area (Å²) in [4.78, 5) is 2.36. The number of halogens is 1. The Kier molecular flexibility index (Phi) is 4.36. The van der Waals surface area contributed by atoms with Gasteiger partial charge < -0.3 is 4.52 Å². The summed E-state index contributed by atoms with van der Waals surface area (Å²) in [5.74, 6) is 0.597. The van der Waals surface area contributed by atoms with Crippen LogP contribution in [-0.4, -0.2) is 26.4 Å². The molecule has 6 heteroatoms. The standard InChI is InChI=1S/C19H21FN4O/c1-14-11-17(22-25-14)19-5-2-3-9-23(19)13-15-12-16(20)6-7-18(15)24-10-4-8-21-24/h4,6-8,10-12,19H,2-3,5,9,13H2,1H3/t19-/m1/s1. The zero-order chi connectivity index (χ0) is 17.2. The van der Waals surface area contributed by atoms with Crippen LogP contribution < -0.4 is 0 Å². The highest BCUT2D eigenvalue weighted by Crippen LogP contribution is 2.32. The highest BCUT2D eigenvalue weighted by molar-refractivity contribution is 5.40. The van der Waals surface area contributed by atoms with Crippen molar-refractivity contribution in [1.82, 2.24) is 19.8 Å². The van der Waals surface area contributed by atoms with Gasteiger partial charge in [-0.15, -0.1) is 0 Å². The lowest BCUT2D eigenvalue weighted by Crippen LogP contribution is -2.33. The molecule has 1 aromatic carbocycles. The van der Waals surface area contributed by atoms with Crippen molar-refractivity contribution in [3.8, 4) is 5.69 Å². The molecule has 0 unspecified atom stereocenters. The fourth-order valence-electron chi connectivity index (χ4n) is 3.59. The van der Waals surface area contributed by atoms with Crippen molar-refractivity contribution in [3.63, 3.8) is 0 Å². The first kappa shape index (κ1) is 16.0. The number of aryl methyl sites for hydroxylation is 1. The summed E-state index contributed by atoms with van der Waals surface area (Å²) in [7, 11) is 0. The van der Waals surface area contributed by atoms with Gasteiger partial charge in [0, 0.05) is 25.0 Å². The predicted octanol–water partition coefficient (Wildman–Crippen LogP) is 4.04. The van der Waals surface area contributed by atoms with Crippen LogP contribution in [0.25, 0.3) is 5.69 Å². The van der Waals surface area contributed by atoms with Crippen LogP contribution in [0.1, 0.15) is 42.3 Å². The molecule has 0 bridgehead atoms. The van der Waals surface area contributed by atoms with Crippen LogP contribution in [0.2, 0.25) is 0 Å². The molecule has 0 spiro atoms. The second kappa shape index (κ2) is 6.80. The Hall–Kier alpha value is -2.47. The molecule has 1 atom stereocenters. The van der Waals surface area contributed by atoms with Crippen LogP contribution in [0.5, 0.6) is 0 Å². The summed E-state index contributed by atoms with van der Waals surface area (Å²) in [5, 5.41) is 8.51. The van der Waals surface area contributed by atoms with Gasteiger partial charge >= 0.3 is 0 Å². The largest absolute Gasteiger partial charge is 0.361 e. The SMILES string of the molecule is Cc1cc([C@H]2CCCCN2Cc2cc(F)ccc2-n2cccn2)no1. The highest BCUT2D eigenvalue weighted by Gasteiger charge is 2.27. The van der Waals surface area contributed by atoms with Gasteiger partial charge in [-0.25, -0.2) is 9.07 Å². The van der Waals surface area contributed by atoms with Crippen molar-refractivity contribution < 1.29 is 8.91 Å². The summed E-state index contributed by atoms with van der Waals surface area (Å²) in [6.07, 6.45) is 6.96. The normalized spacial score (nSPS) is 18.6. The van der Waals surface area contributed by atoms with E-state index in [4.69, 9.17) is 4.52 Å². The van der Waals surface area contributed by atoms with Gasteiger partial charge in [0.05, 0.1) is 11.7 Å². The fourth-order valence-corrected chi connectivity index (χ4v) is 3.59. The maximum atomic E-state index is 13.9. The van der Waals surface area contributed by atoms with Gasteiger partial charge in [0.15, 0.2) is 0 Å². The fraction of sp³-hybridized carbons (Fsp3) is 0.368. The van der Waals surface area contributed by atoms with Gasteiger partial charge in [0.2, 0.25) is 0 Å². The van der Waals surface area contributed by atoms with Crippen LogP contribution in [0.4, 0.5) is 4.39 Å². The van der Waals surface area contributed by atoms with Crippen molar-refractivity contribution in [3.05, 3.63) is 65.6 Å². The van der Waals surface area contributed by atoms with Gasteiger partial charge in [-0.3, -0.25) is 4.90 Å². The Morgan fingerprint density at radius 3 is 2.96 bits per heavy atom. The minimum atomic E-state index is -0.225. The summed E-state index contributed by atoms with van der Waals surface area (Å²) in [6, 6.07) is 8.96. The molecule has 1 saturated heterocycles. The molecular weight excluding hydrogens is 319 g/mol. The third-order valence-electron chi connectivity index (χ3n) is 4.77. The van der Waals surface area contributed by atoms with Crippen LogP contribution in [0.3, 0.4) is 0 Å². The lowest BCUT2D eigenvalue weighted by atomic mass is 9.98. The lowest BCUT2D eigenvalue weighted by Gasteiger charge is -2.34. The summed E-state index contributed by atoms with van der Waals surface area (Å²) >= 11 is 0. The number of aromatic nitrogens is 3. The molecular formula is C19H21FN4O. The Balaban J connectivity index is 1.65. The molecule has 0 amide bonds. The van der Waals surface area contributed by atoms with E-state index in [0.717, 1.165) is 42.1 Å². The quantitative estimate of drug-likeness (QED) is 0.719. The average Bonchev–Trinajstić information content (AvgIpc) is 3.27. The summed E-state index contributed by atoms with van der Waals surface area (Å²) in [5.41, 5.74) is 2.80. The second-order valence-electron chi connectivity index (χ2n) is 6.57. The van der Waals surface area contributed by atoms with Gasteiger partial charge in [-0.2, -0.15) is 5.10 Å². The zero-order valence-electron chi connectivity index (χ0n) is 14.2. The van der Waals surface area contributed by atoms with E-state index >= 15 is 0 Å². The van der Waals surface area contributed by atoms with Crippen LogP contribution in [0, 0.1) is 12.7 Å². The van der Waals surface area contributed by atoms with E-state index in [1.54, 1.807) is 23.0 Å². The minimum absolute atomic E-state index is 0.208. The van der Waals surface area contributed by atoms with Crippen LogP contribution in [0.15, 0.2) is 47.2 Å². The first-order valence-corrected chi connectivity index (χ1v) is 8.66. The highest BCUT2D eigenvalue weighted by atomic mass is 19.1. The maximum Gasteiger partial charge on any atom is 0.133 e. The van der Waals surface area contributed by atoms with Gasteiger partial charge in [-0.05, 0) is 56.1 Å². The van der Waals surface area contributed by atoms with E-state index < -0.39 is 0 Å². The van der Waals surface area contributed by atoms with Crippen molar-refractivity contribution >= 4 is 0 Å². The minimum Gasteiger partial charge on any atom is -0.361 e. The van der Waals surface area contributed by atoms with E-state index in [-0.39, 0.29) is 11.9 Å². The Bertz CT molecular complexity index is 843. The first-order valence-electron chi connectivity index (χ1n) is 8.66.